The number of likely N-dealkylation sites (N-methyl/N-ethyl adjacent to an activating group) is 1. The van der Waals surface area contributed by atoms with E-state index in [1.807, 2.05) is 25.1 Å². The molecule has 0 atom stereocenters. The fourth-order valence-electron chi connectivity index (χ4n) is 1.74. The second-order valence-corrected chi connectivity index (χ2v) is 6.85. The van der Waals surface area contributed by atoms with Crippen LogP contribution in [0.15, 0.2) is 23.1 Å². The van der Waals surface area contributed by atoms with E-state index in [9.17, 15) is 8.42 Å². The summed E-state index contributed by atoms with van der Waals surface area (Å²) >= 11 is 0. The summed E-state index contributed by atoms with van der Waals surface area (Å²) in [5.41, 5.74) is 7.05. The molecule has 3 N–H and O–H groups in total. The van der Waals surface area contributed by atoms with Crippen molar-refractivity contribution in [3.05, 3.63) is 29.3 Å². The van der Waals surface area contributed by atoms with Crippen LogP contribution >= 0.6 is 0 Å². The van der Waals surface area contributed by atoms with Gasteiger partial charge < -0.3 is 15.4 Å². The minimum atomic E-state index is -3.52. The third kappa shape index (κ3) is 6.11. The van der Waals surface area contributed by atoms with Gasteiger partial charge in [-0.1, -0.05) is 12.1 Å². The lowest BCUT2D eigenvalue weighted by Crippen LogP contribution is -2.29. The molecular formula is C14H25N3O3S. The highest BCUT2D eigenvalue weighted by Gasteiger charge is 2.16. The highest BCUT2D eigenvalue weighted by Crippen LogP contribution is 2.16. The van der Waals surface area contributed by atoms with Gasteiger partial charge in [0.25, 0.3) is 0 Å². The number of hydrogen-bond donors (Lipinski definition) is 2. The first kappa shape index (κ1) is 18.1. The van der Waals surface area contributed by atoms with E-state index < -0.39 is 10.0 Å². The molecular weight excluding hydrogens is 290 g/mol. The molecule has 1 aromatic carbocycles. The van der Waals surface area contributed by atoms with Crippen LogP contribution in [0.2, 0.25) is 0 Å². The topological polar surface area (TPSA) is 84.7 Å². The molecule has 0 saturated heterocycles. The van der Waals surface area contributed by atoms with Crippen molar-refractivity contribution >= 4 is 10.0 Å². The fourth-order valence-corrected chi connectivity index (χ4v) is 3.04. The summed E-state index contributed by atoms with van der Waals surface area (Å²) in [6.45, 7) is 4.07. The summed E-state index contributed by atoms with van der Waals surface area (Å²) in [7, 11) is 0.392. The molecule has 1 rings (SSSR count). The Bertz CT molecular complexity index is 544. The quantitative estimate of drug-likeness (QED) is 0.641. The maximum atomic E-state index is 12.2. The van der Waals surface area contributed by atoms with E-state index in [-0.39, 0.29) is 11.4 Å². The van der Waals surface area contributed by atoms with Gasteiger partial charge in [0, 0.05) is 19.6 Å². The summed E-state index contributed by atoms with van der Waals surface area (Å²) < 4.78 is 32.4. The maximum Gasteiger partial charge on any atom is 0.240 e. The SMILES string of the molecule is Cc1ccc(CN)cc1S(=O)(=O)NCCOCCN(C)C. The van der Waals surface area contributed by atoms with Crippen molar-refractivity contribution in [3.8, 4) is 0 Å². The molecule has 0 aliphatic heterocycles. The normalized spacial score (nSPS) is 12.0. The summed E-state index contributed by atoms with van der Waals surface area (Å²) in [6, 6.07) is 5.22. The van der Waals surface area contributed by atoms with Gasteiger partial charge in [0.2, 0.25) is 10.0 Å². The van der Waals surface area contributed by atoms with Gasteiger partial charge in [-0.25, -0.2) is 13.1 Å². The van der Waals surface area contributed by atoms with Crippen LogP contribution in [0, 0.1) is 6.92 Å². The molecule has 7 heteroatoms. The predicted molar refractivity (Wildman–Crippen MR) is 83.6 cm³/mol. The largest absolute Gasteiger partial charge is 0.379 e. The van der Waals surface area contributed by atoms with Gasteiger partial charge in [-0.3, -0.25) is 0 Å². The highest BCUT2D eigenvalue weighted by molar-refractivity contribution is 7.89. The Morgan fingerprint density at radius 2 is 2.00 bits per heavy atom. The van der Waals surface area contributed by atoms with Crippen molar-refractivity contribution in [2.24, 2.45) is 5.73 Å². The van der Waals surface area contributed by atoms with Gasteiger partial charge in [0.15, 0.2) is 0 Å². The third-order valence-electron chi connectivity index (χ3n) is 3.00. The van der Waals surface area contributed by atoms with Gasteiger partial charge in [-0.2, -0.15) is 0 Å². The number of nitrogens with zero attached hydrogens (tertiary/aromatic N) is 1. The van der Waals surface area contributed by atoms with E-state index in [1.165, 1.54) is 0 Å². The molecule has 0 fully saturated rings. The average molecular weight is 315 g/mol. The maximum absolute atomic E-state index is 12.2. The summed E-state index contributed by atoms with van der Waals surface area (Å²) in [5, 5.41) is 0. The Balaban J connectivity index is 2.54. The lowest BCUT2D eigenvalue weighted by Gasteiger charge is -2.12. The minimum absolute atomic E-state index is 0.252. The van der Waals surface area contributed by atoms with E-state index in [2.05, 4.69) is 4.72 Å². The lowest BCUT2D eigenvalue weighted by molar-refractivity contribution is 0.122. The van der Waals surface area contributed by atoms with Gasteiger partial charge in [-0.15, -0.1) is 0 Å². The van der Waals surface area contributed by atoms with Crippen molar-refractivity contribution < 1.29 is 13.2 Å². The molecule has 0 radical (unpaired) electrons. The van der Waals surface area contributed by atoms with Crippen LogP contribution in [0.1, 0.15) is 11.1 Å². The molecule has 6 nitrogen and oxygen atoms in total. The Morgan fingerprint density at radius 1 is 1.29 bits per heavy atom. The van der Waals surface area contributed by atoms with E-state index in [0.29, 0.717) is 25.3 Å². The first-order valence-corrected chi connectivity index (χ1v) is 8.37. The van der Waals surface area contributed by atoms with Gasteiger partial charge in [0.05, 0.1) is 18.1 Å². The minimum Gasteiger partial charge on any atom is -0.379 e. The van der Waals surface area contributed by atoms with Gasteiger partial charge >= 0.3 is 0 Å². The monoisotopic (exact) mass is 315 g/mol. The number of benzene rings is 1. The number of nitrogens with one attached hydrogen (secondary N) is 1. The van der Waals surface area contributed by atoms with Crippen LogP contribution in [-0.4, -0.2) is 53.7 Å². The molecule has 0 aromatic heterocycles. The number of nitrogens with two attached hydrogens (primary N) is 1. The Kier molecular flexibility index (Phi) is 7.27. The lowest BCUT2D eigenvalue weighted by atomic mass is 10.1. The van der Waals surface area contributed by atoms with Crippen molar-refractivity contribution in [1.82, 2.24) is 9.62 Å². The number of aryl methyl sites for hydroxylation is 1. The standard InChI is InChI=1S/C14H25N3O3S/c1-12-4-5-13(11-15)10-14(12)21(18,19)16-6-8-20-9-7-17(2)3/h4-5,10,16H,6-9,11,15H2,1-3H3. The second-order valence-electron chi connectivity index (χ2n) is 5.12. The predicted octanol–water partition coefficient (Wildman–Crippen LogP) is 0.310. The summed E-state index contributed by atoms with van der Waals surface area (Å²) in [5.74, 6) is 0. The van der Waals surface area contributed by atoms with E-state index in [4.69, 9.17) is 10.5 Å². The molecule has 0 bridgehead atoms. The van der Waals surface area contributed by atoms with Crippen molar-refractivity contribution in [2.45, 2.75) is 18.4 Å². The molecule has 0 unspecified atom stereocenters. The first-order valence-electron chi connectivity index (χ1n) is 6.88. The average Bonchev–Trinajstić information content (AvgIpc) is 2.42. The van der Waals surface area contributed by atoms with Crippen molar-refractivity contribution in [2.75, 3.05) is 40.4 Å². The molecule has 0 aliphatic rings. The number of sulfonamides is 1. The Labute approximate surface area is 127 Å². The Morgan fingerprint density at radius 3 is 2.62 bits per heavy atom. The van der Waals surface area contributed by atoms with E-state index in [1.54, 1.807) is 19.1 Å². The van der Waals surface area contributed by atoms with Crippen LogP contribution < -0.4 is 10.5 Å². The summed E-state index contributed by atoms with van der Waals surface area (Å²) in [4.78, 5) is 2.28. The molecule has 21 heavy (non-hydrogen) atoms. The van der Waals surface area contributed by atoms with Crippen LogP contribution in [0.3, 0.4) is 0 Å². The number of hydrogen-bond acceptors (Lipinski definition) is 5. The fraction of sp³-hybridized carbons (Fsp3) is 0.571. The molecule has 0 amide bonds. The zero-order chi connectivity index (χ0) is 15.9. The zero-order valence-corrected chi connectivity index (χ0v) is 13.7. The van der Waals surface area contributed by atoms with Crippen molar-refractivity contribution in [1.29, 1.82) is 0 Å². The molecule has 1 aromatic rings. The van der Waals surface area contributed by atoms with Crippen LogP contribution in [-0.2, 0) is 21.3 Å². The molecule has 0 saturated carbocycles. The second kappa shape index (κ2) is 8.45. The molecule has 120 valence electrons. The first-order chi connectivity index (χ1) is 9.86. The number of rotatable bonds is 9. The third-order valence-corrected chi connectivity index (χ3v) is 4.60. The van der Waals surface area contributed by atoms with E-state index in [0.717, 1.165) is 12.1 Å². The van der Waals surface area contributed by atoms with Crippen LogP contribution in [0.5, 0.6) is 0 Å². The van der Waals surface area contributed by atoms with Crippen LogP contribution in [0.25, 0.3) is 0 Å². The highest BCUT2D eigenvalue weighted by atomic mass is 32.2. The zero-order valence-electron chi connectivity index (χ0n) is 12.9. The number of ether oxygens (including phenoxy) is 1. The molecule has 0 heterocycles. The smallest absolute Gasteiger partial charge is 0.240 e. The molecule has 0 spiro atoms. The van der Waals surface area contributed by atoms with Gasteiger partial charge in [-0.05, 0) is 38.2 Å². The Hall–Kier alpha value is -0.990. The van der Waals surface area contributed by atoms with Crippen LogP contribution in [0.4, 0.5) is 0 Å². The molecule has 0 aliphatic carbocycles. The summed E-state index contributed by atoms with van der Waals surface area (Å²) in [6.07, 6.45) is 0. The van der Waals surface area contributed by atoms with Gasteiger partial charge in [0.1, 0.15) is 0 Å². The van der Waals surface area contributed by atoms with Crippen molar-refractivity contribution in [3.63, 3.8) is 0 Å². The van der Waals surface area contributed by atoms with E-state index >= 15 is 0 Å².